The van der Waals surface area contributed by atoms with Gasteiger partial charge in [-0.1, -0.05) is 0 Å². The Morgan fingerprint density at radius 3 is 2.75 bits per heavy atom. The van der Waals surface area contributed by atoms with Crippen LogP contribution in [-0.4, -0.2) is 26.0 Å². The monoisotopic (exact) mass is 260 g/mol. The predicted molar refractivity (Wildman–Crippen MR) is 56.8 cm³/mol. The van der Waals surface area contributed by atoms with Crippen molar-refractivity contribution in [2.45, 2.75) is 11.1 Å². The van der Waals surface area contributed by atoms with Crippen molar-refractivity contribution >= 4 is 27.3 Å². The number of nitrogens with one attached hydrogen (secondary N) is 1. The molecule has 16 heavy (non-hydrogen) atoms. The van der Waals surface area contributed by atoms with Crippen LogP contribution in [0.2, 0.25) is 0 Å². The molecule has 2 N–H and O–H groups in total. The third kappa shape index (κ3) is 2.57. The van der Waals surface area contributed by atoms with Gasteiger partial charge in [0.1, 0.15) is 9.09 Å². The highest BCUT2D eigenvalue weighted by molar-refractivity contribution is 7.91. The first-order valence-corrected chi connectivity index (χ1v) is 6.39. The molecule has 6 nitrogen and oxygen atoms in total. The van der Waals surface area contributed by atoms with Crippen LogP contribution in [0.3, 0.4) is 0 Å². The normalized spacial score (nSPS) is 11.0. The van der Waals surface area contributed by atoms with Crippen molar-refractivity contribution in [3.8, 4) is 6.07 Å². The predicted octanol–water partition coefficient (Wildman–Crippen LogP) is 0.557. The minimum absolute atomic E-state index is 0.0164. The third-order valence-corrected chi connectivity index (χ3v) is 4.80. The third-order valence-electron chi connectivity index (χ3n) is 1.70. The fraction of sp³-hybridized carbons (Fsp3) is 0.250. The molecule has 8 heteroatoms. The Hall–Kier alpha value is -1.43. The minimum atomic E-state index is -3.77. The van der Waals surface area contributed by atoms with E-state index in [-0.39, 0.29) is 15.6 Å². The van der Waals surface area contributed by atoms with Crippen LogP contribution in [0.15, 0.2) is 10.3 Å². The van der Waals surface area contributed by atoms with Gasteiger partial charge in [0.25, 0.3) is 10.0 Å². The molecule has 86 valence electrons. The van der Waals surface area contributed by atoms with Crippen molar-refractivity contribution < 1.29 is 18.3 Å². The van der Waals surface area contributed by atoms with E-state index in [1.165, 1.54) is 13.0 Å². The van der Waals surface area contributed by atoms with Crippen molar-refractivity contribution in [1.82, 2.24) is 4.72 Å². The van der Waals surface area contributed by atoms with E-state index in [1.807, 2.05) is 4.72 Å². The van der Waals surface area contributed by atoms with Gasteiger partial charge < -0.3 is 5.11 Å². The zero-order chi connectivity index (χ0) is 12.3. The Labute approximate surface area is 96.2 Å². The number of carboxylic acids is 1. The maximum absolute atomic E-state index is 11.5. The molecule has 1 rings (SSSR count). The van der Waals surface area contributed by atoms with E-state index in [1.54, 1.807) is 6.07 Å². The maximum atomic E-state index is 11.5. The Morgan fingerprint density at radius 2 is 2.31 bits per heavy atom. The lowest BCUT2D eigenvalue weighted by Gasteiger charge is -1.98. The Morgan fingerprint density at radius 1 is 1.69 bits per heavy atom. The number of sulfonamides is 1. The molecule has 0 atom stereocenters. The first-order chi connectivity index (χ1) is 7.38. The largest absolute Gasteiger partial charge is 0.477 e. The summed E-state index contributed by atoms with van der Waals surface area (Å²) in [4.78, 5) is 10.7. The van der Waals surface area contributed by atoms with E-state index >= 15 is 0 Å². The second kappa shape index (κ2) is 4.61. The second-order valence-corrected chi connectivity index (χ2v) is 5.91. The number of nitrogens with zero attached hydrogens (tertiary/aromatic N) is 1. The van der Waals surface area contributed by atoms with Gasteiger partial charge in [0.2, 0.25) is 0 Å². The number of thiophene rings is 1. The van der Waals surface area contributed by atoms with Gasteiger partial charge in [-0.3, -0.25) is 0 Å². The number of nitriles is 1. The molecule has 0 saturated carbocycles. The number of carboxylic acid groups (broad SMARTS) is 1. The molecule has 0 fully saturated rings. The van der Waals surface area contributed by atoms with Crippen molar-refractivity contribution in [2.24, 2.45) is 0 Å². The first-order valence-electron chi connectivity index (χ1n) is 4.09. The SMILES string of the molecule is Cc1cc(S(=O)(=O)NCC#N)sc1C(=O)O. The topological polar surface area (TPSA) is 107 Å². The van der Waals surface area contributed by atoms with Crippen LogP contribution < -0.4 is 4.72 Å². The molecule has 0 aliphatic heterocycles. The van der Waals surface area contributed by atoms with Crippen LogP contribution in [0.25, 0.3) is 0 Å². The van der Waals surface area contributed by atoms with Crippen molar-refractivity contribution in [1.29, 1.82) is 5.26 Å². The van der Waals surface area contributed by atoms with E-state index < -0.39 is 16.0 Å². The molecule has 0 spiro atoms. The van der Waals surface area contributed by atoms with E-state index in [0.717, 1.165) is 0 Å². The summed E-state index contributed by atoms with van der Waals surface area (Å²) in [5.41, 5.74) is 0.384. The molecule has 0 bridgehead atoms. The number of aryl methyl sites for hydroxylation is 1. The lowest BCUT2D eigenvalue weighted by Crippen LogP contribution is -2.22. The summed E-state index contributed by atoms with van der Waals surface area (Å²) in [6.45, 7) is 1.17. The molecule has 1 aromatic heterocycles. The molecular formula is C8H8N2O4S2. The van der Waals surface area contributed by atoms with Gasteiger partial charge >= 0.3 is 5.97 Å². The molecule has 0 saturated heterocycles. The number of rotatable bonds is 4. The van der Waals surface area contributed by atoms with Crippen LogP contribution >= 0.6 is 11.3 Å². The Bertz CT molecular complexity index is 553. The highest BCUT2D eigenvalue weighted by atomic mass is 32.2. The first kappa shape index (κ1) is 12.6. The van der Waals surface area contributed by atoms with Crippen molar-refractivity contribution in [2.75, 3.05) is 6.54 Å². The highest BCUT2D eigenvalue weighted by Crippen LogP contribution is 2.25. The summed E-state index contributed by atoms with van der Waals surface area (Å²) < 4.78 is 25.0. The lowest BCUT2D eigenvalue weighted by molar-refractivity contribution is 0.0701. The molecule has 0 radical (unpaired) electrons. The van der Waals surface area contributed by atoms with E-state index in [4.69, 9.17) is 10.4 Å². The summed E-state index contributed by atoms with van der Waals surface area (Å²) in [6.07, 6.45) is 0. The molecule has 0 amide bonds. The van der Waals surface area contributed by atoms with Gasteiger partial charge in [-0.15, -0.1) is 11.3 Å². The summed E-state index contributed by atoms with van der Waals surface area (Å²) in [6, 6.07) is 2.91. The fourth-order valence-electron chi connectivity index (χ4n) is 0.996. The van der Waals surface area contributed by atoms with Crippen LogP contribution in [0.1, 0.15) is 15.2 Å². The van der Waals surface area contributed by atoms with Crippen molar-refractivity contribution in [3.63, 3.8) is 0 Å². The van der Waals surface area contributed by atoms with Gasteiger partial charge in [-0.25, -0.2) is 13.2 Å². The Kier molecular flexibility index (Phi) is 3.64. The average molecular weight is 260 g/mol. The van der Waals surface area contributed by atoms with Crippen molar-refractivity contribution in [3.05, 3.63) is 16.5 Å². The van der Waals surface area contributed by atoms with Crippen LogP contribution in [0.4, 0.5) is 0 Å². The van der Waals surface area contributed by atoms with Gasteiger partial charge in [0.15, 0.2) is 0 Å². The quantitative estimate of drug-likeness (QED) is 0.769. The van der Waals surface area contributed by atoms with Gasteiger partial charge in [0, 0.05) is 0 Å². The number of aromatic carboxylic acids is 1. The smallest absolute Gasteiger partial charge is 0.346 e. The highest BCUT2D eigenvalue weighted by Gasteiger charge is 2.21. The fourth-order valence-corrected chi connectivity index (χ4v) is 3.33. The molecule has 0 aliphatic rings. The van der Waals surface area contributed by atoms with Crippen LogP contribution in [0.5, 0.6) is 0 Å². The maximum Gasteiger partial charge on any atom is 0.346 e. The van der Waals surface area contributed by atoms with E-state index in [0.29, 0.717) is 16.9 Å². The summed E-state index contributed by atoms with van der Waals surface area (Å²) in [5, 5.41) is 17.0. The van der Waals surface area contributed by atoms with E-state index in [2.05, 4.69) is 0 Å². The molecular weight excluding hydrogens is 252 g/mol. The summed E-state index contributed by atoms with van der Waals surface area (Å²) in [7, 11) is -3.77. The number of hydrogen-bond acceptors (Lipinski definition) is 5. The molecule has 1 heterocycles. The minimum Gasteiger partial charge on any atom is -0.477 e. The van der Waals surface area contributed by atoms with Gasteiger partial charge in [-0.05, 0) is 18.6 Å². The van der Waals surface area contributed by atoms with E-state index in [9.17, 15) is 13.2 Å². The average Bonchev–Trinajstić information content (AvgIpc) is 2.58. The zero-order valence-corrected chi connectivity index (χ0v) is 9.85. The van der Waals surface area contributed by atoms with Crippen LogP contribution in [0, 0.1) is 18.3 Å². The standard InChI is InChI=1S/C8H8N2O4S2/c1-5-4-6(15-7(5)8(11)12)16(13,14)10-3-2-9/h4,10H,3H2,1H3,(H,11,12). The van der Waals surface area contributed by atoms with Crippen LogP contribution in [-0.2, 0) is 10.0 Å². The van der Waals surface area contributed by atoms with Gasteiger partial charge in [-0.2, -0.15) is 9.98 Å². The molecule has 0 unspecified atom stereocenters. The second-order valence-electron chi connectivity index (χ2n) is 2.87. The summed E-state index contributed by atoms with van der Waals surface area (Å²) >= 11 is 0.666. The summed E-state index contributed by atoms with van der Waals surface area (Å²) in [5.74, 6) is -1.16. The molecule has 0 aromatic carbocycles. The molecule has 0 aliphatic carbocycles. The Balaban J connectivity index is 3.11. The van der Waals surface area contributed by atoms with Gasteiger partial charge in [0.05, 0.1) is 12.6 Å². The lowest BCUT2D eigenvalue weighted by atomic mass is 10.3. The zero-order valence-electron chi connectivity index (χ0n) is 8.22. The number of hydrogen-bond donors (Lipinski definition) is 2. The molecule has 1 aromatic rings. The number of carbonyl (C=O) groups is 1.